The number of benzene rings is 1. The molecule has 112 valence electrons. The monoisotopic (exact) mass is 279 g/mol. The lowest BCUT2D eigenvalue weighted by Gasteiger charge is -2.27. The van der Waals surface area contributed by atoms with Crippen LogP contribution in [0.2, 0.25) is 0 Å². The molecule has 0 aromatic heterocycles. The molecule has 0 N–H and O–H groups in total. The Morgan fingerprint density at radius 2 is 1.75 bits per heavy atom. The molecule has 20 heavy (non-hydrogen) atoms. The van der Waals surface area contributed by atoms with Gasteiger partial charge in [0.15, 0.2) is 0 Å². The Bertz CT molecular complexity index is 500. The topological polar surface area (TPSA) is 29.5 Å². The molecule has 1 aromatic carbocycles. The van der Waals surface area contributed by atoms with Gasteiger partial charge in [-0.3, -0.25) is 4.48 Å². The first-order valence-electron chi connectivity index (χ1n) is 6.89. The number of ether oxygens (including phenoxy) is 1. The predicted octanol–water partition coefficient (Wildman–Crippen LogP) is 3.38. The summed E-state index contributed by atoms with van der Waals surface area (Å²) in [6.07, 6.45) is -0.343. The Kier molecular flexibility index (Phi) is 4.81. The number of amides is 1. The van der Waals surface area contributed by atoms with Crippen molar-refractivity contribution in [3.8, 4) is 5.75 Å². The molecule has 0 unspecified atom stereocenters. The number of nitrogens with zero attached hydrogens (tertiary/aromatic N) is 2. The van der Waals surface area contributed by atoms with Gasteiger partial charge in [-0.15, -0.1) is 0 Å². The van der Waals surface area contributed by atoms with Gasteiger partial charge in [0.1, 0.15) is 11.4 Å². The smallest absolute Gasteiger partial charge is 0.410 e. The highest BCUT2D eigenvalue weighted by molar-refractivity contribution is 5.71. The highest BCUT2D eigenvalue weighted by atomic mass is 16.6. The van der Waals surface area contributed by atoms with Crippen molar-refractivity contribution in [2.45, 2.75) is 26.7 Å². The second-order valence-electron chi connectivity index (χ2n) is 6.61. The summed E-state index contributed by atoms with van der Waals surface area (Å²) in [5.74, 6) is 0.958. The molecule has 0 aliphatic heterocycles. The minimum Gasteiger partial charge on any atom is -0.410 e. The van der Waals surface area contributed by atoms with Crippen molar-refractivity contribution in [1.82, 2.24) is 9.38 Å². The lowest BCUT2D eigenvalue weighted by atomic mass is 9.98. The van der Waals surface area contributed by atoms with Gasteiger partial charge in [-0.2, -0.15) is 0 Å². The van der Waals surface area contributed by atoms with Crippen molar-refractivity contribution in [2.24, 2.45) is 0 Å². The van der Waals surface area contributed by atoms with Crippen molar-refractivity contribution >= 4 is 11.8 Å². The summed E-state index contributed by atoms with van der Waals surface area (Å²) in [6.45, 7) is 6.27. The molecule has 1 aromatic rings. The van der Waals surface area contributed by atoms with E-state index in [9.17, 15) is 4.79 Å². The molecule has 0 aliphatic carbocycles. The number of quaternary nitrogens is 1. The van der Waals surface area contributed by atoms with Crippen molar-refractivity contribution < 1.29 is 9.53 Å². The molecule has 0 radical (unpaired) electrons. The molecule has 0 heterocycles. The van der Waals surface area contributed by atoms with Gasteiger partial charge >= 0.3 is 6.09 Å². The van der Waals surface area contributed by atoms with Crippen LogP contribution < -0.4 is 9.22 Å². The molecule has 4 heteroatoms. The van der Waals surface area contributed by atoms with Crippen LogP contribution in [0.15, 0.2) is 12.1 Å². The van der Waals surface area contributed by atoms with Crippen LogP contribution in [-0.2, 0) is 0 Å². The normalized spacial score (nSPS) is 11.7. The van der Waals surface area contributed by atoms with Crippen LogP contribution in [-0.4, -0.2) is 46.2 Å². The average Bonchev–Trinajstić information content (AvgIpc) is 2.26. The Hall–Kier alpha value is -1.55. The van der Waals surface area contributed by atoms with E-state index >= 15 is 0 Å². The molecule has 0 spiro atoms. The Balaban J connectivity index is 3.32. The van der Waals surface area contributed by atoms with Gasteiger partial charge in [0, 0.05) is 31.3 Å². The summed E-state index contributed by atoms with van der Waals surface area (Å²) in [6, 6.07) is 4.12. The third-order valence-electron chi connectivity index (χ3n) is 3.24. The van der Waals surface area contributed by atoms with Crippen molar-refractivity contribution in [3.05, 3.63) is 23.3 Å². The number of rotatable bonds is 3. The average molecular weight is 279 g/mol. The van der Waals surface area contributed by atoms with Crippen molar-refractivity contribution in [2.75, 3.05) is 35.2 Å². The van der Waals surface area contributed by atoms with Gasteiger partial charge < -0.3 is 9.64 Å². The second kappa shape index (κ2) is 5.83. The molecule has 1 amide bonds. The maximum atomic E-state index is 11.8. The molecule has 0 atom stereocenters. The van der Waals surface area contributed by atoms with Gasteiger partial charge in [0.25, 0.3) is 0 Å². The van der Waals surface area contributed by atoms with E-state index in [1.54, 1.807) is 14.1 Å². The molecular formula is C16H27N2O2+. The summed E-state index contributed by atoms with van der Waals surface area (Å²) < 4.78 is 6.24. The van der Waals surface area contributed by atoms with Gasteiger partial charge in [-0.25, -0.2) is 4.79 Å². The zero-order valence-corrected chi connectivity index (χ0v) is 13.9. The molecule has 1 rings (SSSR count). The van der Waals surface area contributed by atoms with Crippen LogP contribution in [0.3, 0.4) is 0 Å². The zero-order chi connectivity index (χ0) is 15.7. The number of carbonyl (C=O) groups is 1. The fraction of sp³-hybridized carbons (Fsp3) is 0.562. The van der Waals surface area contributed by atoms with E-state index in [4.69, 9.17) is 4.74 Å². The van der Waals surface area contributed by atoms with Crippen LogP contribution in [0.4, 0.5) is 10.5 Å². The quantitative estimate of drug-likeness (QED) is 0.794. The highest BCUT2D eigenvalue weighted by Crippen LogP contribution is 2.35. The summed E-state index contributed by atoms with van der Waals surface area (Å²) in [5.41, 5.74) is 3.43. The van der Waals surface area contributed by atoms with Crippen LogP contribution in [0.25, 0.3) is 0 Å². The zero-order valence-electron chi connectivity index (χ0n) is 13.9. The summed E-state index contributed by atoms with van der Waals surface area (Å²) in [5, 5.41) is 0. The van der Waals surface area contributed by atoms with Crippen molar-refractivity contribution in [3.63, 3.8) is 0 Å². The molecular weight excluding hydrogens is 252 g/mol. The van der Waals surface area contributed by atoms with E-state index < -0.39 is 0 Å². The first kappa shape index (κ1) is 16.5. The van der Waals surface area contributed by atoms with E-state index in [0.29, 0.717) is 11.7 Å². The summed E-state index contributed by atoms with van der Waals surface area (Å²) in [7, 11) is 9.78. The van der Waals surface area contributed by atoms with E-state index in [1.165, 1.54) is 10.6 Å². The minimum absolute atomic E-state index is 0.297. The van der Waals surface area contributed by atoms with E-state index in [2.05, 4.69) is 48.0 Å². The van der Waals surface area contributed by atoms with Crippen LogP contribution in [0.5, 0.6) is 5.75 Å². The highest BCUT2D eigenvalue weighted by Gasteiger charge is 2.22. The number of carbonyl (C=O) groups excluding carboxylic acids is 1. The standard InChI is InChI=1S/C16H27N2O2/c1-11(2)13-10-14(18(6,7)8)12(3)9-15(13)20-16(19)17(4)5/h9-11H,1-8H3/q+1. The Labute approximate surface area is 122 Å². The van der Waals surface area contributed by atoms with Crippen LogP contribution >= 0.6 is 0 Å². The fourth-order valence-corrected chi connectivity index (χ4v) is 2.13. The maximum Gasteiger partial charge on any atom is 0.414 e. The SMILES string of the molecule is Cc1cc(OC(=O)N(C)C)c(C(C)C)cc1[N+](C)(C)C. The van der Waals surface area contributed by atoms with Crippen molar-refractivity contribution in [1.29, 1.82) is 0 Å². The van der Waals surface area contributed by atoms with E-state index in [0.717, 1.165) is 15.6 Å². The van der Waals surface area contributed by atoms with Gasteiger partial charge in [0.05, 0.1) is 21.1 Å². The lowest BCUT2D eigenvalue weighted by molar-refractivity contribution is 0.171. The largest absolute Gasteiger partial charge is 0.414 e. The summed E-state index contributed by atoms with van der Waals surface area (Å²) in [4.78, 5) is 13.2. The number of hydrogen-bond acceptors (Lipinski definition) is 2. The predicted molar refractivity (Wildman–Crippen MR) is 84.5 cm³/mol. The fourth-order valence-electron chi connectivity index (χ4n) is 2.13. The third-order valence-corrected chi connectivity index (χ3v) is 3.24. The van der Waals surface area contributed by atoms with Gasteiger partial charge in [-0.1, -0.05) is 13.8 Å². The first-order chi connectivity index (χ1) is 9.04. The molecule has 0 bridgehead atoms. The molecule has 0 saturated heterocycles. The third kappa shape index (κ3) is 3.73. The van der Waals surface area contributed by atoms with Gasteiger partial charge in [0.2, 0.25) is 0 Å². The van der Waals surface area contributed by atoms with Crippen LogP contribution in [0, 0.1) is 6.92 Å². The molecule has 4 nitrogen and oxygen atoms in total. The van der Waals surface area contributed by atoms with E-state index in [-0.39, 0.29) is 6.09 Å². The van der Waals surface area contributed by atoms with Crippen LogP contribution in [0.1, 0.15) is 30.9 Å². The molecule has 0 aliphatic rings. The lowest BCUT2D eigenvalue weighted by Crippen LogP contribution is -2.35. The maximum absolute atomic E-state index is 11.8. The number of hydrogen-bond donors (Lipinski definition) is 0. The first-order valence-corrected chi connectivity index (χ1v) is 6.89. The van der Waals surface area contributed by atoms with Gasteiger partial charge in [-0.05, 0) is 18.9 Å². The Morgan fingerprint density at radius 1 is 1.20 bits per heavy atom. The number of aryl methyl sites for hydroxylation is 1. The minimum atomic E-state index is -0.343. The Morgan fingerprint density at radius 3 is 2.15 bits per heavy atom. The second-order valence-corrected chi connectivity index (χ2v) is 6.61. The van der Waals surface area contributed by atoms with E-state index in [1.807, 2.05) is 6.07 Å². The molecule has 0 saturated carbocycles. The molecule has 0 fully saturated rings. The summed E-state index contributed by atoms with van der Waals surface area (Å²) >= 11 is 0.